The second-order valence-electron chi connectivity index (χ2n) is 0.635. The molecule has 1 heterocycles. The largest absolute Gasteiger partial charge is 0.292 e. The molecule has 0 amide bonds. The Bertz CT molecular complexity index is 124. The van der Waals surface area contributed by atoms with Crippen LogP contribution in [0.25, 0.3) is 0 Å². The molecule has 0 spiro atoms. The fourth-order valence-corrected chi connectivity index (χ4v) is 0.176. The highest BCUT2D eigenvalue weighted by atomic mass is 32.1. The van der Waals surface area contributed by atoms with Gasteiger partial charge in [-0.2, -0.15) is 10.3 Å². The molecule has 28 valence electrons. The van der Waals surface area contributed by atoms with E-state index in [-0.39, 0.29) is 0 Å². The van der Waals surface area contributed by atoms with Crippen LogP contribution in [0.4, 0.5) is 0 Å². The highest BCUT2D eigenvalue weighted by Crippen LogP contribution is 1.70. The summed E-state index contributed by atoms with van der Waals surface area (Å²) < 4.78 is 4.74. The van der Waals surface area contributed by atoms with Crippen LogP contribution in [0.5, 0.6) is 0 Å². The van der Waals surface area contributed by atoms with Gasteiger partial charge in [-0.05, 0) is 12.2 Å². The van der Waals surface area contributed by atoms with Crippen molar-refractivity contribution in [2.24, 2.45) is 0 Å². The van der Waals surface area contributed by atoms with Gasteiger partial charge in [0.25, 0.3) is 0 Å². The minimum Gasteiger partial charge on any atom is -0.292 e. The third-order valence-electron chi connectivity index (χ3n) is 0.287. The van der Waals surface area contributed by atoms with Crippen LogP contribution in [0.1, 0.15) is 0 Å². The van der Waals surface area contributed by atoms with Crippen LogP contribution >= 0.6 is 12.2 Å². The molecule has 0 unspecified atom stereocenters. The molecule has 1 aromatic heterocycles. The van der Waals surface area contributed by atoms with Gasteiger partial charge >= 0.3 is 0 Å². The lowest BCUT2D eigenvalue weighted by Gasteiger charge is -1.81. The Balaban J connectivity index is 3.29. The lowest BCUT2D eigenvalue weighted by Crippen LogP contribution is -1.80. The average molecular weight is 90.1 g/mol. The van der Waals surface area contributed by atoms with Crippen LogP contribution in [0, 0.1) is 4.77 Å². The van der Waals surface area contributed by atoms with Gasteiger partial charge in [0.1, 0.15) is 0 Å². The number of H-pyrrole nitrogens is 2. The van der Waals surface area contributed by atoms with Crippen molar-refractivity contribution in [3.05, 3.63) is 4.77 Å². The van der Waals surface area contributed by atoms with Gasteiger partial charge in [-0.15, -0.1) is 0 Å². The van der Waals surface area contributed by atoms with Gasteiger partial charge in [0.2, 0.25) is 4.77 Å². The number of rotatable bonds is 0. The summed E-state index contributed by atoms with van der Waals surface area (Å²) in [6.45, 7) is 0. The number of hydrogen-bond acceptors (Lipinski definition) is 2. The Labute approximate surface area is 32.9 Å². The Morgan fingerprint density at radius 1 is 1.60 bits per heavy atom. The fourth-order valence-electron chi connectivity index (χ4n) is 0.0927. The summed E-state index contributed by atoms with van der Waals surface area (Å²) >= 11 is 4.44. The molecule has 0 fully saturated rings. The molecule has 0 saturated heterocycles. The van der Waals surface area contributed by atoms with Crippen LogP contribution in [-0.2, 0) is 0 Å². The van der Waals surface area contributed by atoms with E-state index in [4.69, 9.17) is 0 Å². The summed E-state index contributed by atoms with van der Waals surface area (Å²) in [4.78, 5) is 0. The van der Waals surface area contributed by atoms with E-state index >= 15 is 0 Å². The number of nitrogens with one attached hydrogen (secondary N) is 2. The molecule has 4 heteroatoms. The molecule has 0 aliphatic carbocycles. The predicted molar refractivity (Wildman–Crippen MR) is 18.2 cm³/mol. The summed E-state index contributed by atoms with van der Waals surface area (Å²) in [6.07, 6.45) is 0. The molecule has 0 bridgehead atoms. The molecule has 1 aromatic rings. The second-order valence-corrected chi connectivity index (χ2v) is 1.04. The molecule has 2 N–H and O–H groups in total. The van der Waals surface area contributed by atoms with Gasteiger partial charge < -0.3 is 0 Å². The zero-order valence-electron chi connectivity index (χ0n) is 2.32. The van der Waals surface area contributed by atoms with Crippen molar-refractivity contribution in [2.75, 3.05) is 0 Å². The van der Waals surface area contributed by atoms with Gasteiger partial charge in [-0.3, -0.25) is 4.63 Å². The lowest BCUT2D eigenvalue weighted by atomic mass is 11.4. The summed E-state index contributed by atoms with van der Waals surface area (Å²) in [5.74, 6) is 0. The summed E-state index contributed by atoms with van der Waals surface area (Å²) in [5, 5.41) is 4.66. The van der Waals surface area contributed by atoms with Crippen molar-refractivity contribution in [3.8, 4) is 0 Å². The molecule has 0 aromatic carbocycles. The van der Waals surface area contributed by atoms with Crippen LogP contribution < -0.4 is 0 Å². The van der Waals surface area contributed by atoms with E-state index in [9.17, 15) is 0 Å². The SMILES string of the molecule is S=c1[nH]o[nH]1. The first-order chi connectivity index (χ1) is 2.39. The van der Waals surface area contributed by atoms with E-state index in [1.807, 2.05) is 0 Å². The van der Waals surface area contributed by atoms with E-state index in [2.05, 4.69) is 27.2 Å². The molecule has 0 saturated carbocycles. The Morgan fingerprint density at radius 3 is 2.00 bits per heavy atom. The highest BCUT2D eigenvalue weighted by Gasteiger charge is 1.68. The van der Waals surface area contributed by atoms with E-state index < -0.39 is 0 Å². The van der Waals surface area contributed by atoms with Crippen LogP contribution in [0.3, 0.4) is 0 Å². The molecule has 5 heavy (non-hydrogen) atoms. The fraction of sp³-hybridized carbons (Fsp3) is 0. The first-order valence-corrected chi connectivity index (χ1v) is 1.52. The molecule has 0 aliphatic heterocycles. The molecular weight excluding hydrogens is 88.1 g/mol. The van der Waals surface area contributed by atoms with Gasteiger partial charge in [0, 0.05) is 0 Å². The minimum absolute atomic E-state index is 0.546. The van der Waals surface area contributed by atoms with Crippen molar-refractivity contribution in [1.82, 2.24) is 10.3 Å². The molecule has 1 rings (SSSR count). The topological polar surface area (TPSA) is 44.7 Å². The van der Waals surface area contributed by atoms with E-state index in [1.54, 1.807) is 0 Å². The van der Waals surface area contributed by atoms with Crippen molar-refractivity contribution in [1.29, 1.82) is 0 Å². The second kappa shape index (κ2) is 0.718. The van der Waals surface area contributed by atoms with E-state index in [0.717, 1.165) is 0 Å². The zero-order chi connectivity index (χ0) is 3.70. The molecule has 3 nitrogen and oxygen atoms in total. The van der Waals surface area contributed by atoms with Gasteiger partial charge in [-0.1, -0.05) is 0 Å². The minimum atomic E-state index is 0.546. The Hall–Kier alpha value is -0.510. The molecular formula is CH2N2OS. The van der Waals surface area contributed by atoms with Crippen LogP contribution in [-0.4, -0.2) is 10.3 Å². The molecule has 0 radical (unpaired) electrons. The molecule has 0 aliphatic rings. The smallest absolute Gasteiger partial charge is 0.237 e. The van der Waals surface area contributed by atoms with Crippen molar-refractivity contribution in [3.63, 3.8) is 0 Å². The highest BCUT2D eigenvalue weighted by molar-refractivity contribution is 7.71. The number of hydrogen-bond donors (Lipinski definition) is 2. The normalized spacial score (nSPS) is 8.80. The maximum Gasteiger partial charge on any atom is 0.237 e. The third-order valence-corrected chi connectivity index (χ3v) is 0.454. The maximum atomic E-state index is 4.44. The monoisotopic (exact) mass is 90.0 g/mol. The first kappa shape index (κ1) is 2.71. The van der Waals surface area contributed by atoms with Gasteiger partial charge in [0.15, 0.2) is 0 Å². The molecule has 0 atom stereocenters. The van der Waals surface area contributed by atoms with Crippen molar-refractivity contribution >= 4 is 12.2 Å². The lowest BCUT2D eigenvalue weighted by molar-refractivity contribution is 0.214. The summed E-state index contributed by atoms with van der Waals surface area (Å²) in [6, 6.07) is 0. The number of aromatic amines is 2. The van der Waals surface area contributed by atoms with Crippen molar-refractivity contribution in [2.45, 2.75) is 0 Å². The predicted octanol–water partition coefficient (Wildman–Crippen LogP) is 0.665. The summed E-state index contributed by atoms with van der Waals surface area (Å²) in [7, 11) is 0. The van der Waals surface area contributed by atoms with Crippen LogP contribution in [0.2, 0.25) is 0 Å². The standard InChI is InChI=1S/CH2N2OS/c5-1-2-4-3-1/h(H2,2,3,5). The average Bonchev–Trinajstić information content (AvgIpc) is 1.30. The zero-order valence-corrected chi connectivity index (χ0v) is 3.13. The van der Waals surface area contributed by atoms with Gasteiger partial charge in [-0.25, -0.2) is 0 Å². The Morgan fingerprint density at radius 2 is 2.00 bits per heavy atom. The quantitative estimate of drug-likeness (QED) is 0.460. The van der Waals surface area contributed by atoms with E-state index in [0.29, 0.717) is 4.77 Å². The van der Waals surface area contributed by atoms with Crippen molar-refractivity contribution < 1.29 is 4.63 Å². The maximum absolute atomic E-state index is 4.44. The van der Waals surface area contributed by atoms with Crippen LogP contribution in [0.15, 0.2) is 4.63 Å². The van der Waals surface area contributed by atoms with Gasteiger partial charge in [0.05, 0.1) is 0 Å². The summed E-state index contributed by atoms with van der Waals surface area (Å²) in [5.41, 5.74) is 0. The number of aromatic nitrogens is 2. The van der Waals surface area contributed by atoms with E-state index in [1.165, 1.54) is 0 Å². The Kier molecular flexibility index (Phi) is 0.390. The third kappa shape index (κ3) is 0.257. The first-order valence-electron chi connectivity index (χ1n) is 1.11.